The maximum Gasteiger partial charge on any atom is 0.160 e. The van der Waals surface area contributed by atoms with Crippen molar-refractivity contribution in [1.29, 1.82) is 5.26 Å². The third-order valence-corrected chi connectivity index (χ3v) is 4.64. The Morgan fingerprint density at radius 3 is 2.43 bits per heavy atom. The van der Waals surface area contributed by atoms with Crippen molar-refractivity contribution < 1.29 is 14.2 Å². The van der Waals surface area contributed by atoms with Crippen LogP contribution in [0.25, 0.3) is 0 Å². The molecule has 2 rings (SSSR count). The fraction of sp³-hybridized carbons (Fsp3) is 0.941. The zero-order valence-corrected chi connectivity index (χ0v) is 13.3. The van der Waals surface area contributed by atoms with E-state index in [0.29, 0.717) is 11.8 Å². The van der Waals surface area contributed by atoms with E-state index in [2.05, 4.69) is 13.0 Å². The fourth-order valence-electron chi connectivity index (χ4n) is 3.12. The average Bonchev–Trinajstić information content (AvgIpc) is 2.55. The molecule has 4 heteroatoms. The second-order valence-electron chi connectivity index (χ2n) is 6.40. The van der Waals surface area contributed by atoms with E-state index < -0.39 is 0 Å². The van der Waals surface area contributed by atoms with Crippen LogP contribution in [-0.4, -0.2) is 32.7 Å². The van der Waals surface area contributed by atoms with Crippen molar-refractivity contribution >= 4 is 0 Å². The minimum Gasteiger partial charge on any atom is -0.381 e. The van der Waals surface area contributed by atoms with Crippen molar-refractivity contribution in [3.8, 4) is 6.07 Å². The fourth-order valence-corrected chi connectivity index (χ4v) is 3.12. The minimum atomic E-state index is -0.0399. The highest BCUT2D eigenvalue weighted by Crippen LogP contribution is 2.33. The molecule has 1 saturated heterocycles. The van der Waals surface area contributed by atoms with Gasteiger partial charge in [0.2, 0.25) is 0 Å². The van der Waals surface area contributed by atoms with Gasteiger partial charge in [-0.2, -0.15) is 5.26 Å². The summed E-state index contributed by atoms with van der Waals surface area (Å²) in [6.45, 7) is 5.45. The molecule has 0 unspecified atom stereocenters. The molecule has 0 aromatic heterocycles. The third-order valence-electron chi connectivity index (χ3n) is 4.64. The van der Waals surface area contributed by atoms with E-state index in [4.69, 9.17) is 19.5 Å². The Morgan fingerprint density at radius 1 is 1.10 bits per heavy atom. The van der Waals surface area contributed by atoms with Gasteiger partial charge in [0, 0.05) is 31.0 Å². The van der Waals surface area contributed by atoms with Gasteiger partial charge in [0.05, 0.1) is 19.3 Å². The molecule has 1 aliphatic carbocycles. The van der Waals surface area contributed by atoms with E-state index in [0.717, 1.165) is 65.0 Å². The second kappa shape index (κ2) is 9.40. The number of hydrogen-bond donors (Lipinski definition) is 0. The monoisotopic (exact) mass is 295 g/mol. The van der Waals surface area contributed by atoms with Crippen molar-refractivity contribution in [2.24, 2.45) is 17.8 Å². The molecule has 0 N–H and O–H groups in total. The normalized spacial score (nSPS) is 33.5. The Balaban J connectivity index is 1.57. The maximum atomic E-state index is 8.93. The molecule has 2 aliphatic rings. The summed E-state index contributed by atoms with van der Waals surface area (Å²) in [5, 5.41) is 8.93. The van der Waals surface area contributed by atoms with Crippen LogP contribution in [0.1, 0.15) is 51.9 Å². The van der Waals surface area contributed by atoms with Crippen LogP contribution in [0.2, 0.25) is 0 Å². The molecule has 0 aromatic rings. The predicted octanol–water partition coefficient (Wildman–Crippen LogP) is 3.51. The van der Waals surface area contributed by atoms with E-state index >= 15 is 0 Å². The van der Waals surface area contributed by atoms with E-state index in [1.165, 1.54) is 6.42 Å². The number of nitrogens with zero attached hydrogens (tertiary/aromatic N) is 1. The highest BCUT2D eigenvalue weighted by molar-refractivity contribution is 4.88. The largest absolute Gasteiger partial charge is 0.381 e. The molecule has 4 nitrogen and oxygen atoms in total. The van der Waals surface area contributed by atoms with Crippen LogP contribution >= 0.6 is 0 Å². The van der Waals surface area contributed by atoms with Gasteiger partial charge in [-0.25, -0.2) is 0 Å². The van der Waals surface area contributed by atoms with Gasteiger partial charge >= 0.3 is 0 Å². The Hall–Kier alpha value is -0.630. The van der Waals surface area contributed by atoms with Crippen LogP contribution in [0, 0.1) is 29.1 Å². The number of nitriles is 1. The van der Waals surface area contributed by atoms with Gasteiger partial charge in [0.15, 0.2) is 6.29 Å². The highest BCUT2D eigenvalue weighted by atomic mass is 16.7. The van der Waals surface area contributed by atoms with Crippen molar-refractivity contribution in [3.63, 3.8) is 0 Å². The molecule has 0 aromatic carbocycles. The van der Waals surface area contributed by atoms with E-state index in [-0.39, 0.29) is 12.2 Å². The van der Waals surface area contributed by atoms with Crippen molar-refractivity contribution in [2.45, 2.75) is 58.2 Å². The van der Waals surface area contributed by atoms with Gasteiger partial charge in [0.25, 0.3) is 0 Å². The quantitative estimate of drug-likeness (QED) is 0.674. The van der Waals surface area contributed by atoms with Crippen LogP contribution in [-0.2, 0) is 14.2 Å². The van der Waals surface area contributed by atoms with Crippen LogP contribution < -0.4 is 0 Å². The lowest BCUT2D eigenvalue weighted by Gasteiger charge is -2.36. The molecule has 0 atom stereocenters. The minimum absolute atomic E-state index is 0.0399. The second-order valence-corrected chi connectivity index (χ2v) is 6.40. The topological polar surface area (TPSA) is 51.5 Å². The first-order valence-electron chi connectivity index (χ1n) is 8.54. The summed E-state index contributed by atoms with van der Waals surface area (Å²) in [6.07, 6.45) is 7.44. The summed E-state index contributed by atoms with van der Waals surface area (Å²) in [6, 6.07) is 2.38. The first-order valence-corrected chi connectivity index (χ1v) is 8.54. The van der Waals surface area contributed by atoms with Gasteiger partial charge in [-0.05, 0) is 38.5 Å². The highest BCUT2D eigenvalue weighted by Gasteiger charge is 2.32. The first kappa shape index (κ1) is 16.7. The lowest BCUT2D eigenvalue weighted by Crippen LogP contribution is -2.38. The average molecular weight is 295 g/mol. The summed E-state index contributed by atoms with van der Waals surface area (Å²) in [5.41, 5.74) is 0. The van der Waals surface area contributed by atoms with Crippen LogP contribution in [0.15, 0.2) is 0 Å². The molecule has 1 saturated carbocycles. The molecule has 1 aliphatic heterocycles. The zero-order chi connectivity index (χ0) is 14.9. The SMILES string of the molecule is CCCCOCCC1COC(C2CCC(C#N)CC2)OC1. The van der Waals surface area contributed by atoms with Gasteiger partial charge < -0.3 is 14.2 Å². The van der Waals surface area contributed by atoms with E-state index in [1.807, 2.05) is 0 Å². The molecule has 21 heavy (non-hydrogen) atoms. The third kappa shape index (κ3) is 5.58. The number of ether oxygens (including phenoxy) is 3. The Labute approximate surface area is 128 Å². The molecule has 0 amide bonds. The molecule has 120 valence electrons. The van der Waals surface area contributed by atoms with Crippen LogP contribution in [0.5, 0.6) is 0 Å². The van der Waals surface area contributed by atoms with Crippen molar-refractivity contribution in [2.75, 3.05) is 26.4 Å². The molecular weight excluding hydrogens is 266 g/mol. The summed E-state index contributed by atoms with van der Waals surface area (Å²) in [4.78, 5) is 0. The molecule has 0 radical (unpaired) electrons. The van der Waals surface area contributed by atoms with Crippen molar-refractivity contribution in [3.05, 3.63) is 0 Å². The summed E-state index contributed by atoms with van der Waals surface area (Å²) in [5.74, 6) is 1.20. The van der Waals surface area contributed by atoms with Crippen LogP contribution in [0.4, 0.5) is 0 Å². The molecule has 1 heterocycles. The van der Waals surface area contributed by atoms with Gasteiger partial charge in [-0.1, -0.05) is 13.3 Å². The van der Waals surface area contributed by atoms with Gasteiger partial charge in [-0.3, -0.25) is 0 Å². The Kier molecular flexibility index (Phi) is 7.49. The number of rotatable bonds is 7. The number of unbranched alkanes of at least 4 members (excludes halogenated alkanes) is 1. The van der Waals surface area contributed by atoms with Gasteiger partial charge in [-0.15, -0.1) is 0 Å². The standard InChI is InChI=1S/C17H29NO3/c1-2-3-9-19-10-8-15-12-20-17(21-13-15)16-6-4-14(11-18)5-7-16/h14-17H,2-10,12-13H2,1H3. The summed E-state index contributed by atoms with van der Waals surface area (Å²) in [7, 11) is 0. The van der Waals surface area contributed by atoms with Gasteiger partial charge in [0.1, 0.15) is 0 Å². The maximum absolute atomic E-state index is 8.93. The summed E-state index contributed by atoms with van der Waals surface area (Å²) >= 11 is 0. The predicted molar refractivity (Wildman–Crippen MR) is 80.6 cm³/mol. The molecule has 0 spiro atoms. The van der Waals surface area contributed by atoms with Crippen molar-refractivity contribution in [1.82, 2.24) is 0 Å². The molecule has 2 fully saturated rings. The first-order chi connectivity index (χ1) is 10.3. The zero-order valence-electron chi connectivity index (χ0n) is 13.3. The summed E-state index contributed by atoms with van der Waals surface area (Å²) < 4.78 is 17.4. The van der Waals surface area contributed by atoms with E-state index in [9.17, 15) is 0 Å². The number of hydrogen-bond acceptors (Lipinski definition) is 4. The Bertz CT molecular complexity index is 312. The van der Waals surface area contributed by atoms with E-state index in [1.54, 1.807) is 0 Å². The molecular formula is C17H29NO3. The molecule has 0 bridgehead atoms. The lowest BCUT2D eigenvalue weighted by molar-refractivity contribution is -0.230. The van der Waals surface area contributed by atoms with Crippen LogP contribution in [0.3, 0.4) is 0 Å². The smallest absolute Gasteiger partial charge is 0.160 e. The lowest BCUT2D eigenvalue weighted by atomic mass is 9.82. The Morgan fingerprint density at radius 2 is 1.81 bits per heavy atom.